The molecule has 1 atom stereocenters. The van der Waals surface area contributed by atoms with Crippen molar-refractivity contribution in [3.8, 4) is 5.75 Å². The molecule has 0 saturated heterocycles. The number of ketones is 2. The molecule has 2 N–H and O–H groups in total. The molecule has 0 aromatic heterocycles. The Bertz CT molecular complexity index is 747. The maximum Gasteiger partial charge on any atom is 0.197 e. The number of rotatable bonds is 4. The summed E-state index contributed by atoms with van der Waals surface area (Å²) in [5.74, 6) is -0.983. The van der Waals surface area contributed by atoms with E-state index < -0.39 is 11.4 Å². The highest BCUT2D eigenvalue weighted by Crippen LogP contribution is 2.42. The largest absolute Gasteiger partial charge is 0.507 e. The monoisotopic (exact) mass is 376 g/mol. The summed E-state index contributed by atoms with van der Waals surface area (Å²) in [6.07, 6.45) is 5.67. The Kier molecular flexibility index (Phi) is 4.25. The maximum absolute atomic E-state index is 12.9. The molecule has 5 heteroatoms. The number of unbranched alkanes of at least 4 members (excludes halogenated alkanes) is 1. The molecule has 0 saturated carbocycles. The smallest absolute Gasteiger partial charge is 0.197 e. The van der Waals surface area contributed by atoms with E-state index in [1.54, 1.807) is 18.2 Å². The fourth-order valence-electron chi connectivity index (χ4n) is 3.31. The van der Waals surface area contributed by atoms with Crippen LogP contribution in [0.5, 0.6) is 5.75 Å². The van der Waals surface area contributed by atoms with Gasteiger partial charge in [-0.15, -0.1) is 0 Å². The Hall–Kier alpha value is -1.72. The van der Waals surface area contributed by atoms with E-state index in [0.29, 0.717) is 12.8 Å². The molecule has 4 nitrogen and oxygen atoms in total. The Balaban J connectivity index is 2.10. The second-order valence-corrected chi connectivity index (χ2v) is 6.72. The van der Waals surface area contributed by atoms with Gasteiger partial charge in [0.25, 0.3) is 0 Å². The van der Waals surface area contributed by atoms with Crippen LogP contribution in [0.1, 0.15) is 46.4 Å². The highest BCUT2D eigenvalue weighted by atomic mass is 79.9. The Morgan fingerprint density at radius 2 is 1.96 bits per heavy atom. The summed E-state index contributed by atoms with van der Waals surface area (Å²) in [5, 5.41) is 21.9. The van der Waals surface area contributed by atoms with Gasteiger partial charge in [-0.2, -0.15) is 0 Å². The minimum Gasteiger partial charge on any atom is -0.507 e. The van der Waals surface area contributed by atoms with Crippen molar-refractivity contribution in [2.75, 3.05) is 5.33 Å². The molecule has 0 heterocycles. The van der Waals surface area contributed by atoms with Crippen molar-refractivity contribution in [1.29, 1.82) is 0 Å². The number of carbonyl (C=O) groups excluding carboxylic acids is 2. The zero-order valence-corrected chi connectivity index (χ0v) is 14.1. The summed E-state index contributed by atoms with van der Waals surface area (Å²) in [4.78, 5) is 25.6. The van der Waals surface area contributed by atoms with Gasteiger partial charge >= 0.3 is 0 Å². The molecule has 2 aliphatic rings. The van der Waals surface area contributed by atoms with Crippen LogP contribution in [0.15, 0.2) is 41.5 Å². The Labute approximate surface area is 142 Å². The van der Waals surface area contributed by atoms with Crippen LogP contribution in [-0.2, 0) is 0 Å². The SMILES string of the molecule is O=C1C2=C(C(=O)c3c(O)cccc31)C(O)(CCCCBr)CC=C2. The standard InChI is InChI=1S/C18H17BrO4/c19-10-2-1-8-18(23)9-4-6-12-15(18)17(22)14-11(16(12)21)5-3-7-13(14)20/h3-7,20,23H,1-2,8-10H2. The van der Waals surface area contributed by atoms with Crippen LogP contribution in [0, 0.1) is 0 Å². The van der Waals surface area contributed by atoms with Gasteiger partial charge in [-0.25, -0.2) is 0 Å². The fourth-order valence-corrected chi connectivity index (χ4v) is 3.70. The number of phenols is 1. The van der Waals surface area contributed by atoms with Crippen molar-refractivity contribution in [1.82, 2.24) is 0 Å². The number of Topliss-reactive ketones (excluding diaryl/α,β-unsaturated/α-hetero) is 2. The molecule has 120 valence electrons. The van der Waals surface area contributed by atoms with Crippen LogP contribution in [0.25, 0.3) is 0 Å². The number of phenolic OH excluding ortho intramolecular Hbond substituents is 1. The summed E-state index contributed by atoms with van der Waals surface area (Å²) in [6, 6.07) is 4.46. The van der Waals surface area contributed by atoms with Gasteiger partial charge < -0.3 is 10.2 Å². The van der Waals surface area contributed by atoms with Crippen LogP contribution >= 0.6 is 15.9 Å². The molecule has 0 bridgehead atoms. The van der Waals surface area contributed by atoms with Crippen molar-refractivity contribution in [3.05, 3.63) is 52.6 Å². The molecule has 1 unspecified atom stereocenters. The van der Waals surface area contributed by atoms with E-state index in [0.717, 1.165) is 18.2 Å². The quantitative estimate of drug-likeness (QED) is 0.624. The van der Waals surface area contributed by atoms with Gasteiger partial charge in [-0.3, -0.25) is 9.59 Å². The molecule has 0 radical (unpaired) electrons. The molecule has 0 spiro atoms. The second-order valence-electron chi connectivity index (χ2n) is 5.93. The summed E-state index contributed by atoms with van der Waals surface area (Å²) in [6.45, 7) is 0. The molecule has 1 aromatic rings. The molecule has 0 fully saturated rings. The number of benzene rings is 1. The average Bonchev–Trinajstić information content (AvgIpc) is 2.52. The first-order chi connectivity index (χ1) is 11.0. The molecule has 3 rings (SSSR count). The predicted molar refractivity (Wildman–Crippen MR) is 90.1 cm³/mol. The third-order valence-electron chi connectivity index (χ3n) is 4.43. The number of halogens is 1. The highest BCUT2D eigenvalue weighted by Gasteiger charge is 2.44. The molecule has 0 aliphatic heterocycles. The number of aromatic hydroxyl groups is 1. The number of allylic oxidation sites excluding steroid dienone is 2. The lowest BCUT2D eigenvalue weighted by Crippen LogP contribution is -2.40. The predicted octanol–water partition coefficient (Wildman–Crippen LogP) is 3.32. The lowest BCUT2D eigenvalue weighted by atomic mass is 9.71. The van der Waals surface area contributed by atoms with E-state index in [4.69, 9.17) is 0 Å². The third-order valence-corrected chi connectivity index (χ3v) is 5.00. The molecule has 23 heavy (non-hydrogen) atoms. The van der Waals surface area contributed by atoms with Crippen molar-refractivity contribution in [3.63, 3.8) is 0 Å². The van der Waals surface area contributed by atoms with E-state index in [1.807, 2.05) is 0 Å². The number of hydrogen-bond donors (Lipinski definition) is 2. The van der Waals surface area contributed by atoms with E-state index in [-0.39, 0.29) is 33.8 Å². The maximum atomic E-state index is 12.9. The van der Waals surface area contributed by atoms with Crippen LogP contribution in [-0.4, -0.2) is 32.7 Å². The van der Waals surface area contributed by atoms with Gasteiger partial charge in [-0.05, 0) is 31.7 Å². The van der Waals surface area contributed by atoms with Gasteiger partial charge in [0.2, 0.25) is 0 Å². The van der Waals surface area contributed by atoms with Crippen molar-refractivity contribution in [2.24, 2.45) is 0 Å². The summed E-state index contributed by atoms with van der Waals surface area (Å²) in [7, 11) is 0. The number of hydrogen-bond acceptors (Lipinski definition) is 4. The number of fused-ring (bicyclic) bond motifs is 1. The van der Waals surface area contributed by atoms with Gasteiger partial charge in [0.1, 0.15) is 5.75 Å². The van der Waals surface area contributed by atoms with E-state index in [9.17, 15) is 19.8 Å². The lowest BCUT2D eigenvalue weighted by molar-refractivity contribution is 0.0571. The topological polar surface area (TPSA) is 74.6 Å². The zero-order valence-electron chi connectivity index (χ0n) is 12.5. The van der Waals surface area contributed by atoms with Crippen molar-refractivity contribution < 1.29 is 19.8 Å². The fraction of sp³-hybridized carbons (Fsp3) is 0.333. The summed E-state index contributed by atoms with van der Waals surface area (Å²) in [5.41, 5.74) is -0.762. The normalized spacial score (nSPS) is 23.0. The molecule has 0 amide bonds. The van der Waals surface area contributed by atoms with E-state index in [2.05, 4.69) is 15.9 Å². The Morgan fingerprint density at radius 1 is 1.17 bits per heavy atom. The van der Waals surface area contributed by atoms with Crippen LogP contribution < -0.4 is 0 Å². The van der Waals surface area contributed by atoms with Crippen molar-refractivity contribution in [2.45, 2.75) is 31.3 Å². The first-order valence-corrected chi connectivity index (χ1v) is 8.73. The molecular weight excluding hydrogens is 360 g/mol. The van der Waals surface area contributed by atoms with Crippen molar-refractivity contribution >= 4 is 27.5 Å². The van der Waals surface area contributed by atoms with Crippen LogP contribution in [0.4, 0.5) is 0 Å². The van der Waals surface area contributed by atoms with Gasteiger partial charge in [0.15, 0.2) is 11.6 Å². The summed E-state index contributed by atoms with van der Waals surface area (Å²) < 4.78 is 0. The molecular formula is C18H17BrO4. The highest BCUT2D eigenvalue weighted by molar-refractivity contribution is 9.09. The second kappa shape index (κ2) is 6.06. The third kappa shape index (κ3) is 2.58. The minimum atomic E-state index is -1.35. The number of carbonyl (C=O) groups is 2. The number of alkyl halides is 1. The average molecular weight is 377 g/mol. The Morgan fingerprint density at radius 3 is 2.70 bits per heavy atom. The molecule has 2 aliphatic carbocycles. The van der Waals surface area contributed by atoms with Crippen LogP contribution in [0.2, 0.25) is 0 Å². The van der Waals surface area contributed by atoms with Gasteiger partial charge in [0, 0.05) is 22.0 Å². The van der Waals surface area contributed by atoms with E-state index >= 15 is 0 Å². The minimum absolute atomic E-state index is 0.00506. The zero-order chi connectivity index (χ0) is 16.6. The van der Waals surface area contributed by atoms with E-state index in [1.165, 1.54) is 12.1 Å². The first-order valence-electron chi connectivity index (χ1n) is 7.60. The molecule has 1 aromatic carbocycles. The van der Waals surface area contributed by atoms with Crippen LogP contribution in [0.3, 0.4) is 0 Å². The van der Waals surface area contributed by atoms with Gasteiger partial charge in [0.05, 0.1) is 11.2 Å². The number of aliphatic hydroxyl groups is 1. The van der Waals surface area contributed by atoms with Gasteiger partial charge in [-0.1, -0.05) is 40.2 Å². The first kappa shape index (κ1) is 16.1. The lowest BCUT2D eigenvalue weighted by Gasteiger charge is -2.35. The summed E-state index contributed by atoms with van der Waals surface area (Å²) >= 11 is 3.35.